The minimum absolute atomic E-state index is 0.100. The summed E-state index contributed by atoms with van der Waals surface area (Å²) in [5, 5.41) is 9.57. The first kappa shape index (κ1) is 23.3. The molecule has 0 unspecified atom stereocenters. The number of benzene rings is 3. The first-order valence-corrected chi connectivity index (χ1v) is 11.6. The maximum atomic E-state index is 13.0. The van der Waals surface area contributed by atoms with Crippen LogP contribution in [-0.2, 0) is 9.59 Å². The van der Waals surface area contributed by atoms with E-state index >= 15 is 0 Å². The molecule has 3 aromatic carbocycles. The zero-order valence-corrected chi connectivity index (χ0v) is 19.6. The molecule has 34 heavy (non-hydrogen) atoms. The van der Waals surface area contributed by atoms with Gasteiger partial charge in [0, 0.05) is 35.6 Å². The quantitative estimate of drug-likeness (QED) is 0.315. The van der Waals surface area contributed by atoms with Crippen LogP contribution < -0.4 is 20.9 Å². The molecule has 6 heteroatoms. The standard InChI is InChI=1S/C28H30N4O2/c1-3-25(33)32(19-9-18-29-2)22-16-14-21(15-17-22)30-27(20-10-5-4-6-11-20)26-23-12-7-8-13-24(23)31-28(26)34/h4-8,10-17,29-30H,3,9,18-19H2,1-2H3,(H,31,34). The molecule has 6 nitrogen and oxygen atoms in total. The van der Waals surface area contributed by atoms with Gasteiger partial charge in [0.1, 0.15) is 0 Å². The monoisotopic (exact) mass is 454 g/mol. The number of amides is 2. The van der Waals surface area contributed by atoms with Crippen LogP contribution in [0.1, 0.15) is 30.9 Å². The van der Waals surface area contributed by atoms with E-state index < -0.39 is 0 Å². The van der Waals surface area contributed by atoms with Crippen LogP contribution >= 0.6 is 0 Å². The van der Waals surface area contributed by atoms with Crippen LogP contribution in [0, 0.1) is 0 Å². The summed E-state index contributed by atoms with van der Waals surface area (Å²) in [7, 11) is 1.91. The Morgan fingerprint density at radius 1 is 0.941 bits per heavy atom. The molecule has 1 heterocycles. The highest BCUT2D eigenvalue weighted by Gasteiger charge is 2.28. The number of hydrogen-bond acceptors (Lipinski definition) is 4. The van der Waals surface area contributed by atoms with Crippen molar-refractivity contribution in [2.24, 2.45) is 0 Å². The molecule has 0 saturated carbocycles. The highest BCUT2D eigenvalue weighted by atomic mass is 16.2. The Hall–Kier alpha value is -3.90. The Labute approximate surface area is 200 Å². The molecule has 3 N–H and O–H groups in total. The highest BCUT2D eigenvalue weighted by molar-refractivity contribution is 6.37. The Bertz CT molecular complexity index is 1190. The topological polar surface area (TPSA) is 73.5 Å². The van der Waals surface area contributed by atoms with Gasteiger partial charge in [0.15, 0.2) is 0 Å². The molecule has 2 amide bonds. The molecule has 0 aliphatic carbocycles. The molecular weight excluding hydrogens is 424 g/mol. The van der Waals surface area contributed by atoms with Gasteiger partial charge in [0.05, 0.1) is 11.3 Å². The summed E-state index contributed by atoms with van der Waals surface area (Å²) in [5.41, 5.74) is 5.66. The normalized spacial score (nSPS) is 13.8. The molecule has 0 aromatic heterocycles. The molecule has 0 bridgehead atoms. The number of nitrogens with one attached hydrogen (secondary N) is 3. The largest absolute Gasteiger partial charge is 0.354 e. The van der Waals surface area contributed by atoms with Crippen molar-refractivity contribution >= 4 is 40.1 Å². The van der Waals surface area contributed by atoms with Crippen LogP contribution in [0.4, 0.5) is 17.1 Å². The fourth-order valence-corrected chi connectivity index (χ4v) is 4.12. The number of fused-ring (bicyclic) bond motifs is 1. The van der Waals surface area contributed by atoms with E-state index in [1.54, 1.807) is 0 Å². The number of carbonyl (C=O) groups excluding carboxylic acids is 2. The Balaban J connectivity index is 1.67. The first-order chi connectivity index (χ1) is 16.6. The minimum atomic E-state index is -0.131. The third-order valence-corrected chi connectivity index (χ3v) is 5.84. The fourth-order valence-electron chi connectivity index (χ4n) is 4.12. The Morgan fingerprint density at radius 3 is 2.35 bits per heavy atom. The van der Waals surface area contributed by atoms with Gasteiger partial charge in [0.2, 0.25) is 5.91 Å². The Kier molecular flexibility index (Phi) is 7.40. The molecular formula is C28H30N4O2. The molecule has 0 fully saturated rings. The summed E-state index contributed by atoms with van der Waals surface area (Å²) in [4.78, 5) is 27.3. The average molecular weight is 455 g/mol. The molecule has 1 aliphatic rings. The van der Waals surface area contributed by atoms with Crippen LogP contribution in [0.2, 0.25) is 0 Å². The van der Waals surface area contributed by atoms with Crippen molar-refractivity contribution in [2.75, 3.05) is 35.7 Å². The average Bonchev–Trinajstić information content (AvgIpc) is 3.21. The van der Waals surface area contributed by atoms with Crippen LogP contribution in [-0.4, -0.2) is 32.0 Å². The van der Waals surface area contributed by atoms with E-state index in [1.807, 2.05) is 97.7 Å². The predicted molar refractivity (Wildman–Crippen MR) is 140 cm³/mol. The summed E-state index contributed by atoms with van der Waals surface area (Å²) in [6.45, 7) is 3.40. The van der Waals surface area contributed by atoms with E-state index in [-0.39, 0.29) is 11.8 Å². The third-order valence-electron chi connectivity index (χ3n) is 5.84. The van der Waals surface area contributed by atoms with Gasteiger partial charge >= 0.3 is 0 Å². The third kappa shape index (κ3) is 5.02. The first-order valence-electron chi connectivity index (χ1n) is 11.6. The molecule has 0 saturated heterocycles. The molecule has 3 aromatic rings. The van der Waals surface area contributed by atoms with Gasteiger partial charge in [-0.1, -0.05) is 55.5 Å². The lowest BCUT2D eigenvalue weighted by Crippen LogP contribution is -2.32. The number of hydrogen-bond donors (Lipinski definition) is 3. The molecule has 0 spiro atoms. The molecule has 4 rings (SSSR count). The molecule has 0 atom stereocenters. The minimum Gasteiger partial charge on any atom is -0.354 e. The van der Waals surface area contributed by atoms with E-state index in [9.17, 15) is 9.59 Å². The molecule has 1 aliphatic heterocycles. The van der Waals surface area contributed by atoms with Crippen LogP contribution in [0.5, 0.6) is 0 Å². The van der Waals surface area contributed by atoms with Crippen molar-refractivity contribution in [1.82, 2.24) is 5.32 Å². The maximum absolute atomic E-state index is 13.0. The van der Waals surface area contributed by atoms with E-state index in [0.717, 1.165) is 46.9 Å². The summed E-state index contributed by atoms with van der Waals surface area (Å²) < 4.78 is 0. The number of anilines is 3. The van der Waals surface area contributed by atoms with Gasteiger partial charge in [0.25, 0.3) is 5.91 Å². The van der Waals surface area contributed by atoms with Crippen molar-refractivity contribution < 1.29 is 9.59 Å². The Morgan fingerprint density at radius 2 is 1.65 bits per heavy atom. The van der Waals surface area contributed by atoms with Crippen molar-refractivity contribution in [3.63, 3.8) is 0 Å². The van der Waals surface area contributed by atoms with Gasteiger partial charge in [-0.25, -0.2) is 0 Å². The van der Waals surface area contributed by atoms with Crippen molar-refractivity contribution in [1.29, 1.82) is 0 Å². The van der Waals surface area contributed by atoms with E-state index in [1.165, 1.54) is 0 Å². The number of carbonyl (C=O) groups is 2. The number of nitrogens with zero attached hydrogens (tertiary/aromatic N) is 1. The van der Waals surface area contributed by atoms with E-state index in [0.29, 0.717) is 18.5 Å². The SMILES string of the molecule is CCC(=O)N(CCCNC)c1ccc(NC(=C2C(=O)Nc3ccccc32)c2ccccc2)cc1. The van der Waals surface area contributed by atoms with Crippen LogP contribution in [0.25, 0.3) is 11.3 Å². The van der Waals surface area contributed by atoms with E-state index in [2.05, 4.69) is 16.0 Å². The van der Waals surface area contributed by atoms with Gasteiger partial charge in [-0.05, 0) is 55.9 Å². The van der Waals surface area contributed by atoms with Gasteiger partial charge in [-0.2, -0.15) is 0 Å². The molecule has 0 radical (unpaired) electrons. The van der Waals surface area contributed by atoms with Crippen LogP contribution in [0.3, 0.4) is 0 Å². The van der Waals surface area contributed by atoms with Gasteiger partial charge < -0.3 is 20.9 Å². The fraction of sp³-hybridized carbons (Fsp3) is 0.214. The van der Waals surface area contributed by atoms with Crippen molar-refractivity contribution in [2.45, 2.75) is 19.8 Å². The van der Waals surface area contributed by atoms with E-state index in [4.69, 9.17) is 0 Å². The molecule has 174 valence electrons. The predicted octanol–water partition coefficient (Wildman–Crippen LogP) is 4.97. The highest BCUT2D eigenvalue weighted by Crippen LogP contribution is 2.37. The number of rotatable bonds is 9. The summed E-state index contributed by atoms with van der Waals surface area (Å²) >= 11 is 0. The van der Waals surface area contributed by atoms with Gasteiger partial charge in [-0.15, -0.1) is 0 Å². The second kappa shape index (κ2) is 10.8. The second-order valence-corrected chi connectivity index (χ2v) is 8.14. The number of para-hydroxylation sites is 1. The zero-order valence-electron chi connectivity index (χ0n) is 19.6. The van der Waals surface area contributed by atoms with Crippen molar-refractivity contribution in [3.05, 3.63) is 90.0 Å². The smallest absolute Gasteiger partial charge is 0.258 e. The lowest BCUT2D eigenvalue weighted by molar-refractivity contribution is -0.118. The summed E-state index contributed by atoms with van der Waals surface area (Å²) in [6.07, 6.45) is 1.33. The lowest BCUT2D eigenvalue weighted by Gasteiger charge is -2.23. The zero-order chi connectivity index (χ0) is 23.9. The maximum Gasteiger partial charge on any atom is 0.258 e. The summed E-state index contributed by atoms with van der Waals surface area (Å²) in [5.74, 6) is -0.0310. The van der Waals surface area contributed by atoms with Crippen LogP contribution in [0.15, 0.2) is 78.9 Å². The van der Waals surface area contributed by atoms with Crippen molar-refractivity contribution in [3.8, 4) is 0 Å². The second-order valence-electron chi connectivity index (χ2n) is 8.14. The van der Waals surface area contributed by atoms with Gasteiger partial charge in [-0.3, -0.25) is 9.59 Å². The lowest BCUT2D eigenvalue weighted by atomic mass is 10.00. The summed E-state index contributed by atoms with van der Waals surface area (Å²) in [6, 6.07) is 25.4.